The maximum absolute atomic E-state index is 6.15. The molecule has 0 bridgehead atoms. The topological polar surface area (TPSA) is 43.8 Å². The first-order valence-corrected chi connectivity index (χ1v) is 7.13. The highest BCUT2D eigenvalue weighted by molar-refractivity contribution is 7.98. The molecule has 1 aromatic carbocycles. The van der Waals surface area contributed by atoms with Gasteiger partial charge in [-0.3, -0.25) is 0 Å². The fourth-order valence-electron chi connectivity index (χ4n) is 1.73. The van der Waals surface area contributed by atoms with Crippen molar-refractivity contribution in [2.24, 2.45) is 0 Å². The molecule has 96 valence electrons. The summed E-state index contributed by atoms with van der Waals surface area (Å²) in [4.78, 5) is 5.13. The van der Waals surface area contributed by atoms with Crippen molar-refractivity contribution < 1.29 is 0 Å². The monoisotopic (exact) mass is 281 g/mol. The zero-order valence-electron chi connectivity index (χ0n) is 10.4. The Morgan fingerprint density at radius 3 is 2.89 bits per heavy atom. The normalized spacial score (nSPS) is 11.1. The number of anilines is 1. The highest BCUT2D eigenvalue weighted by Gasteiger charge is 2.09. The van der Waals surface area contributed by atoms with Gasteiger partial charge in [0.15, 0.2) is 0 Å². The molecule has 0 saturated carbocycles. The standard InChI is InChI=1S/C13H16ClN3S/c1-9(2)17-8-16-6-10(17)7-18-13-11(14)4-3-5-12(13)15/h3-6,8-9H,7,15H2,1-2H3. The van der Waals surface area contributed by atoms with Gasteiger partial charge in [-0.05, 0) is 26.0 Å². The van der Waals surface area contributed by atoms with Gasteiger partial charge in [0.05, 0.1) is 11.3 Å². The SMILES string of the molecule is CC(C)n1cncc1CSc1c(N)cccc1Cl. The molecule has 2 rings (SSSR count). The molecule has 2 aromatic rings. The Bertz CT molecular complexity index is 517. The molecule has 1 aromatic heterocycles. The lowest BCUT2D eigenvalue weighted by Crippen LogP contribution is -2.03. The summed E-state index contributed by atoms with van der Waals surface area (Å²) in [5.74, 6) is 0.812. The molecular formula is C13H16ClN3S. The van der Waals surface area contributed by atoms with E-state index in [2.05, 4.69) is 23.4 Å². The summed E-state index contributed by atoms with van der Waals surface area (Å²) < 4.78 is 2.15. The maximum Gasteiger partial charge on any atom is 0.0950 e. The van der Waals surface area contributed by atoms with Crippen LogP contribution in [0.15, 0.2) is 35.6 Å². The first-order chi connectivity index (χ1) is 8.59. The Hall–Kier alpha value is -1.13. The van der Waals surface area contributed by atoms with Crippen molar-refractivity contribution in [3.05, 3.63) is 41.4 Å². The van der Waals surface area contributed by atoms with Crippen LogP contribution in [0.3, 0.4) is 0 Å². The summed E-state index contributed by atoms with van der Waals surface area (Å²) >= 11 is 7.79. The van der Waals surface area contributed by atoms with Gasteiger partial charge in [0.25, 0.3) is 0 Å². The molecule has 5 heteroatoms. The van der Waals surface area contributed by atoms with Crippen LogP contribution in [0.4, 0.5) is 5.69 Å². The number of halogens is 1. The molecule has 0 aliphatic carbocycles. The summed E-state index contributed by atoms with van der Waals surface area (Å²) in [5.41, 5.74) is 7.83. The van der Waals surface area contributed by atoms with E-state index in [4.69, 9.17) is 17.3 Å². The lowest BCUT2D eigenvalue weighted by atomic mass is 10.3. The molecule has 3 nitrogen and oxygen atoms in total. The summed E-state index contributed by atoms with van der Waals surface area (Å²) in [6, 6.07) is 6.00. The van der Waals surface area contributed by atoms with Crippen molar-refractivity contribution in [1.29, 1.82) is 0 Å². The summed E-state index contributed by atoms with van der Waals surface area (Å²) in [5, 5.41) is 0.704. The van der Waals surface area contributed by atoms with E-state index in [1.807, 2.05) is 30.7 Å². The zero-order valence-corrected chi connectivity index (χ0v) is 12.0. The van der Waals surface area contributed by atoms with E-state index in [0.717, 1.165) is 16.3 Å². The number of hydrogen-bond acceptors (Lipinski definition) is 3. The van der Waals surface area contributed by atoms with Crippen molar-refractivity contribution in [2.75, 3.05) is 5.73 Å². The largest absolute Gasteiger partial charge is 0.398 e. The van der Waals surface area contributed by atoms with Gasteiger partial charge in [-0.25, -0.2) is 4.98 Å². The first-order valence-electron chi connectivity index (χ1n) is 5.77. The molecule has 0 atom stereocenters. The van der Waals surface area contributed by atoms with Crippen molar-refractivity contribution in [3.63, 3.8) is 0 Å². The number of nitrogens with two attached hydrogens (primary N) is 1. The van der Waals surface area contributed by atoms with Crippen LogP contribution in [0, 0.1) is 0 Å². The molecule has 0 aliphatic heterocycles. The molecule has 0 amide bonds. The molecular weight excluding hydrogens is 266 g/mol. The van der Waals surface area contributed by atoms with Gasteiger partial charge in [0.2, 0.25) is 0 Å². The van der Waals surface area contributed by atoms with Crippen LogP contribution in [0.25, 0.3) is 0 Å². The van der Waals surface area contributed by atoms with Crippen LogP contribution in [0.1, 0.15) is 25.6 Å². The zero-order chi connectivity index (χ0) is 13.1. The van der Waals surface area contributed by atoms with Gasteiger partial charge >= 0.3 is 0 Å². The van der Waals surface area contributed by atoms with Crippen LogP contribution in [-0.2, 0) is 5.75 Å². The second kappa shape index (κ2) is 5.67. The van der Waals surface area contributed by atoms with Crippen LogP contribution in [-0.4, -0.2) is 9.55 Å². The number of thioether (sulfide) groups is 1. The predicted molar refractivity (Wildman–Crippen MR) is 78.0 cm³/mol. The Morgan fingerprint density at radius 1 is 1.44 bits per heavy atom. The Balaban J connectivity index is 2.14. The minimum atomic E-state index is 0.409. The van der Waals surface area contributed by atoms with Crippen LogP contribution < -0.4 is 5.73 Å². The van der Waals surface area contributed by atoms with Gasteiger partial charge in [-0.1, -0.05) is 17.7 Å². The molecule has 0 saturated heterocycles. The molecule has 0 fully saturated rings. The van der Waals surface area contributed by atoms with Crippen molar-refractivity contribution in [3.8, 4) is 0 Å². The Morgan fingerprint density at radius 2 is 2.22 bits per heavy atom. The highest BCUT2D eigenvalue weighted by Crippen LogP contribution is 2.34. The van der Waals surface area contributed by atoms with E-state index in [1.54, 1.807) is 11.8 Å². The third kappa shape index (κ3) is 2.82. The number of nitrogens with zero attached hydrogens (tertiary/aromatic N) is 2. The third-order valence-electron chi connectivity index (χ3n) is 2.66. The van der Waals surface area contributed by atoms with E-state index >= 15 is 0 Å². The number of imidazole rings is 1. The fraction of sp³-hybridized carbons (Fsp3) is 0.308. The number of benzene rings is 1. The van der Waals surface area contributed by atoms with Crippen molar-refractivity contribution in [2.45, 2.75) is 30.5 Å². The lowest BCUT2D eigenvalue weighted by Gasteiger charge is -2.12. The van der Waals surface area contributed by atoms with Crippen LogP contribution in [0.2, 0.25) is 5.02 Å². The maximum atomic E-state index is 6.15. The molecule has 0 spiro atoms. The lowest BCUT2D eigenvalue weighted by molar-refractivity contribution is 0.584. The Labute approximate surface area is 116 Å². The van der Waals surface area contributed by atoms with Gasteiger partial charge in [0.1, 0.15) is 0 Å². The van der Waals surface area contributed by atoms with Crippen molar-refractivity contribution >= 4 is 29.1 Å². The van der Waals surface area contributed by atoms with Gasteiger partial charge in [0, 0.05) is 34.3 Å². The number of aromatic nitrogens is 2. The van der Waals surface area contributed by atoms with Gasteiger partial charge < -0.3 is 10.3 Å². The van der Waals surface area contributed by atoms with E-state index in [0.29, 0.717) is 11.1 Å². The number of nitrogen functional groups attached to an aromatic ring is 1. The van der Waals surface area contributed by atoms with E-state index < -0.39 is 0 Å². The second-order valence-corrected chi connectivity index (χ2v) is 5.73. The minimum Gasteiger partial charge on any atom is -0.398 e. The molecule has 18 heavy (non-hydrogen) atoms. The van der Waals surface area contributed by atoms with Gasteiger partial charge in [-0.2, -0.15) is 0 Å². The molecule has 0 radical (unpaired) electrons. The molecule has 1 heterocycles. The third-order valence-corrected chi connectivity index (χ3v) is 4.28. The average molecular weight is 282 g/mol. The molecule has 2 N–H and O–H groups in total. The van der Waals surface area contributed by atoms with Crippen molar-refractivity contribution in [1.82, 2.24) is 9.55 Å². The smallest absolute Gasteiger partial charge is 0.0950 e. The Kier molecular flexibility index (Phi) is 4.19. The summed E-state index contributed by atoms with van der Waals surface area (Å²) in [6.45, 7) is 4.28. The summed E-state index contributed by atoms with van der Waals surface area (Å²) in [6.07, 6.45) is 3.75. The van der Waals surface area contributed by atoms with Gasteiger partial charge in [-0.15, -0.1) is 11.8 Å². The fourth-order valence-corrected chi connectivity index (χ4v) is 3.03. The predicted octanol–water partition coefficient (Wildman–Crippen LogP) is 3.99. The minimum absolute atomic E-state index is 0.409. The van der Waals surface area contributed by atoms with E-state index in [9.17, 15) is 0 Å². The highest BCUT2D eigenvalue weighted by atomic mass is 35.5. The molecule has 0 unspecified atom stereocenters. The average Bonchev–Trinajstić information content (AvgIpc) is 2.76. The second-order valence-electron chi connectivity index (χ2n) is 4.33. The summed E-state index contributed by atoms with van der Waals surface area (Å²) in [7, 11) is 0. The van der Waals surface area contributed by atoms with Crippen LogP contribution >= 0.6 is 23.4 Å². The van der Waals surface area contributed by atoms with E-state index in [-0.39, 0.29) is 0 Å². The molecule has 0 aliphatic rings. The number of rotatable bonds is 4. The number of hydrogen-bond donors (Lipinski definition) is 1. The first kappa shape index (κ1) is 13.3. The van der Waals surface area contributed by atoms with E-state index in [1.165, 1.54) is 5.69 Å². The van der Waals surface area contributed by atoms with Crippen LogP contribution in [0.5, 0.6) is 0 Å². The quantitative estimate of drug-likeness (QED) is 0.681.